The Labute approximate surface area is 221 Å². The lowest BCUT2D eigenvalue weighted by molar-refractivity contribution is -0.115. The molecule has 0 spiro atoms. The van der Waals surface area contributed by atoms with E-state index >= 15 is 0 Å². The summed E-state index contributed by atoms with van der Waals surface area (Å²) in [5.41, 5.74) is 4.07. The molecule has 0 fully saturated rings. The highest BCUT2D eigenvalue weighted by Crippen LogP contribution is 2.28. The molecule has 6 nitrogen and oxygen atoms in total. The van der Waals surface area contributed by atoms with Crippen LogP contribution in [0.4, 0.5) is 5.69 Å². The van der Waals surface area contributed by atoms with Crippen LogP contribution in [0, 0.1) is 0 Å². The number of sulfone groups is 1. The number of rotatable bonds is 8. The molecule has 1 heterocycles. The SMILES string of the molecule is CCS(=O)(=O)c1ccc(CC(=O)Nc2ccc3nc(Cc4ccc(Cl)cc4Cl)n(C(C)C)c3c2)cc1. The Bertz CT molecular complexity index is 1530. The van der Waals surface area contributed by atoms with E-state index in [-0.39, 0.29) is 29.0 Å². The summed E-state index contributed by atoms with van der Waals surface area (Å²) in [4.78, 5) is 17.8. The van der Waals surface area contributed by atoms with Crippen molar-refractivity contribution in [3.63, 3.8) is 0 Å². The van der Waals surface area contributed by atoms with Crippen molar-refractivity contribution in [3.8, 4) is 0 Å². The van der Waals surface area contributed by atoms with Gasteiger partial charge in [-0.3, -0.25) is 4.79 Å². The molecule has 0 bridgehead atoms. The number of carbonyl (C=O) groups excluding carboxylic acids is 1. The van der Waals surface area contributed by atoms with Crippen molar-refractivity contribution in [2.24, 2.45) is 0 Å². The Balaban J connectivity index is 1.55. The molecule has 0 aliphatic heterocycles. The smallest absolute Gasteiger partial charge is 0.228 e. The summed E-state index contributed by atoms with van der Waals surface area (Å²) in [5, 5.41) is 4.13. The van der Waals surface area contributed by atoms with Crippen molar-refractivity contribution in [3.05, 3.63) is 87.7 Å². The number of aromatic nitrogens is 2. The van der Waals surface area contributed by atoms with Gasteiger partial charge in [-0.2, -0.15) is 0 Å². The van der Waals surface area contributed by atoms with Crippen LogP contribution in [0.2, 0.25) is 10.0 Å². The topological polar surface area (TPSA) is 81.1 Å². The molecule has 4 rings (SSSR count). The van der Waals surface area contributed by atoms with Crippen LogP contribution < -0.4 is 5.32 Å². The first-order valence-corrected chi connectivity index (χ1v) is 14.0. The Kier molecular flexibility index (Phi) is 7.73. The Morgan fingerprint density at radius 2 is 1.75 bits per heavy atom. The van der Waals surface area contributed by atoms with E-state index in [1.165, 1.54) is 0 Å². The molecule has 0 atom stereocenters. The first-order chi connectivity index (χ1) is 17.1. The normalized spacial score (nSPS) is 11.8. The highest BCUT2D eigenvalue weighted by molar-refractivity contribution is 7.91. The van der Waals surface area contributed by atoms with Crippen LogP contribution in [0.1, 0.15) is 43.8 Å². The molecule has 0 aliphatic carbocycles. The number of imidazole rings is 1. The van der Waals surface area contributed by atoms with Crippen LogP contribution in [-0.4, -0.2) is 29.6 Å². The number of amides is 1. The van der Waals surface area contributed by atoms with E-state index in [9.17, 15) is 13.2 Å². The van der Waals surface area contributed by atoms with E-state index in [1.807, 2.05) is 30.3 Å². The van der Waals surface area contributed by atoms with Gasteiger partial charge in [0.05, 0.1) is 28.1 Å². The van der Waals surface area contributed by atoms with Gasteiger partial charge in [-0.05, 0) is 67.4 Å². The lowest BCUT2D eigenvalue weighted by Crippen LogP contribution is -2.14. The molecule has 1 N–H and O–H groups in total. The van der Waals surface area contributed by atoms with Crippen LogP contribution in [0.3, 0.4) is 0 Å². The zero-order valence-electron chi connectivity index (χ0n) is 20.3. The van der Waals surface area contributed by atoms with Crippen molar-refractivity contribution in [2.45, 2.75) is 44.6 Å². The van der Waals surface area contributed by atoms with Crippen LogP contribution in [0.5, 0.6) is 0 Å². The van der Waals surface area contributed by atoms with Crippen molar-refractivity contribution < 1.29 is 13.2 Å². The Hall–Kier alpha value is -2.87. The molecule has 0 saturated heterocycles. The fraction of sp³-hybridized carbons (Fsp3) is 0.259. The molecule has 4 aromatic rings. The predicted octanol–water partition coefficient (Wildman–Crippen LogP) is 6.49. The fourth-order valence-electron chi connectivity index (χ4n) is 4.13. The molecular formula is C27H27Cl2N3O3S. The number of halogens is 2. The predicted molar refractivity (Wildman–Crippen MR) is 146 cm³/mol. The minimum atomic E-state index is -3.27. The highest BCUT2D eigenvalue weighted by atomic mass is 35.5. The molecule has 36 heavy (non-hydrogen) atoms. The fourth-order valence-corrected chi connectivity index (χ4v) is 5.49. The standard InChI is InChI=1S/C27H27Cl2N3O3S/c1-4-36(34,35)22-10-5-18(6-11-22)13-27(33)30-21-9-12-24-25(16-21)32(17(2)3)26(31-24)14-19-7-8-20(28)15-23(19)29/h5-12,15-17H,4,13-14H2,1-3H3,(H,30,33). The highest BCUT2D eigenvalue weighted by Gasteiger charge is 2.17. The number of carbonyl (C=O) groups is 1. The van der Waals surface area contributed by atoms with E-state index in [0.717, 1.165) is 28.0 Å². The molecule has 0 aliphatic rings. The number of hydrogen-bond acceptors (Lipinski definition) is 4. The first kappa shape index (κ1) is 26.2. The van der Waals surface area contributed by atoms with Gasteiger partial charge in [-0.25, -0.2) is 13.4 Å². The largest absolute Gasteiger partial charge is 0.326 e. The Morgan fingerprint density at radius 3 is 2.39 bits per heavy atom. The van der Waals surface area contributed by atoms with Gasteiger partial charge >= 0.3 is 0 Å². The third kappa shape index (κ3) is 5.75. The van der Waals surface area contributed by atoms with Crippen molar-refractivity contribution in [2.75, 3.05) is 11.1 Å². The van der Waals surface area contributed by atoms with Gasteiger partial charge in [0, 0.05) is 28.2 Å². The Morgan fingerprint density at radius 1 is 1.03 bits per heavy atom. The summed E-state index contributed by atoms with van der Waals surface area (Å²) in [6.45, 7) is 5.78. The van der Waals surface area contributed by atoms with E-state index in [0.29, 0.717) is 22.2 Å². The molecule has 9 heteroatoms. The molecule has 0 unspecified atom stereocenters. The lowest BCUT2D eigenvalue weighted by atomic mass is 10.1. The average molecular weight is 545 g/mol. The van der Waals surface area contributed by atoms with Crippen molar-refractivity contribution >= 4 is 55.7 Å². The minimum Gasteiger partial charge on any atom is -0.326 e. The number of nitrogens with one attached hydrogen (secondary N) is 1. The maximum atomic E-state index is 12.7. The zero-order valence-corrected chi connectivity index (χ0v) is 22.6. The van der Waals surface area contributed by atoms with E-state index in [2.05, 4.69) is 23.7 Å². The van der Waals surface area contributed by atoms with Gasteiger partial charge in [0.15, 0.2) is 9.84 Å². The number of nitrogens with zero attached hydrogens (tertiary/aromatic N) is 2. The van der Waals surface area contributed by atoms with E-state index in [4.69, 9.17) is 28.2 Å². The number of benzene rings is 3. The summed E-state index contributed by atoms with van der Waals surface area (Å²) in [6, 6.07) is 17.7. The summed E-state index contributed by atoms with van der Waals surface area (Å²) in [7, 11) is -3.27. The van der Waals surface area contributed by atoms with Gasteiger partial charge in [0.1, 0.15) is 5.82 Å². The number of fused-ring (bicyclic) bond motifs is 1. The van der Waals surface area contributed by atoms with Crippen LogP contribution in [0.25, 0.3) is 11.0 Å². The van der Waals surface area contributed by atoms with Crippen LogP contribution in [-0.2, 0) is 27.5 Å². The molecule has 0 radical (unpaired) electrons. The molecule has 188 valence electrons. The van der Waals surface area contributed by atoms with Gasteiger partial charge in [-0.1, -0.05) is 48.3 Å². The summed E-state index contributed by atoms with van der Waals surface area (Å²) in [5.74, 6) is 0.718. The zero-order chi connectivity index (χ0) is 26.0. The van der Waals surface area contributed by atoms with Gasteiger partial charge in [-0.15, -0.1) is 0 Å². The van der Waals surface area contributed by atoms with Gasteiger partial charge in [0.25, 0.3) is 0 Å². The number of anilines is 1. The number of hydrogen-bond donors (Lipinski definition) is 1. The monoisotopic (exact) mass is 543 g/mol. The van der Waals surface area contributed by atoms with Gasteiger partial charge in [0.2, 0.25) is 5.91 Å². The average Bonchev–Trinajstić information content (AvgIpc) is 3.18. The first-order valence-electron chi connectivity index (χ1n) is 11.6. The molecule has 0 saturated carbocycles. The molecular weight excluding hydrogens is 517 g/mol. The molecule has 1 amide bonds. The van der Waals surface area contributed by atoms with Crippen molar-refractivity contribution in [1.82, 2.24) is 9.55 Å². The summed E-state index contributed by atoms with van der Waals surface area (Å²) < 4.78 is 26.1. The van der Waals surface area contributed by atoms with E-state index in [1.54, 1.807) is 37.3 Å². The summed E-state index contributed by atoms with van der Waals surface area (Å²) in [6.07, 6.45) is 0.683. The van der Waals surface area contributed by atoms with E-state index < -0.39 is 9.84 Å². The maximum absolute atomic E-state index is 12.7. The quantitative estimate of drug-likeness (QED) is 0.275. The summed E-state index contributed by atoms with van der Waals surface area (Å²) >= 11 is 12.4. The van der Waals surface area contributed by atoms with Crippen molar-refractivity contribution in [1.29, 1.82) is 0 Å². The third-order valence-corrected chi connectivity index (χ3v) is 8.29. The van der Waals surface area contributed by atoms with Crippen LogP contribution in [0.15, 0.2) is 65.6 Å². The lowest BCUT2D eigenvalue weighted by Gasteiger charge is -2.14. The molecule has 3 aromatic carbocycles. The van der Waals surface area contributed by atoms with Gasteiger partial charge < -0.3 is 9.88 Å². The second-order valence-electron chi connectivity index (χ2n) is 8.88. The second-order valence-corrected chi connectivity index (χ2v) is 12.0. The van der Waals surface area contributed by atoms with Crippen LogP contribution >= 0.6 is 23.2 Å². The third-order valence-electron chi connectivity index (χ3n) is 5.95. The second kappa shape index (κ2) is 10.6. The molecule has 1 aromatic heterocycles. The maximum Gasteiger partial charge on any atom is 0.228 e. The minimum absolute atomic E-state index is 0.0384.